The van der Waals surface area contributed by atoms with Crippen LogP contribution in [0.2, 0.25) is 0 Å². The highest BCUT2D eigenvalue weighted by atomic mass is 16.5. The lowest BCUT2D eigenvalue weighted by atomic mass is 10.1. The van der Waals surface area contributed by atoms with Crippen LogP contribution < -0.4 is 0 Å². The number of nitroso groups, excluding NO2 is 1. The molecule has 0 aromatic rings. The number of hydrogen-bond acceptors (Lipinski definition) is 5. The van der Waals surface area contributed by atoms with Crippen molar-refractivity contribution in [3.05, 3.63) is 68.9 Å². The van der Waals surface area contributed by atoms with Gasteiger partial charge in [0.25, 0.3) is 5.70 Å². The molecule has 0 atom stereocenters. The topological polar surface area (TPSA) is 72.7 Å². The van der Waals surface area contributed by atoms with Crippen molar-refractivity contribution >= 4 is 5.97 Å². The molecule has 0 bridgehead atoms. The minimum atomic E-state index is -0.556. The largest absolute Gasteiger partial charge is 0.754 e. The third-order valence-corrected chi connectivity index (χ3v) is 3.01. The van der Waals surface area contributed by atoms with Gasteiger partial charge in [0.1, 0.15) is 5.70 Å². The molecule has 0 saturated heterocycles. The third kappa shape index (κ3) is 2.33. The van der Waals surface area contributed by atoms with Crippen molar-refractivity contribution in [3.8, 4) is 0 Å². The first-order valence-electron chi connectivity index (χ1n) is 5.97. The number of hydrogen-bond donors (Lipinski definition) is 0. The van der Waals surface area contributed by atoms with Gasteiger partial charge < -0.3 is 15.0 Å². The van der Waals surface area contributed by atoms with Crippen LogP contribution in [-0.2, 0) is 9.53 Å². The van der Waals surface area contributed by atoms with Crippen LogP contribution in [0.1, 0.15) is 13.8 Å². The Hall–Kier alpha value is -2.47. The molecule has 0 saturated carbocycles. The van der Waals surface area contributed by atoms with Crippen LogP contribution in [0.3, 0.4) is 0 Å². The number of ether oxygens (including phenoxy) is 1. The minimum Gasteiger partial charge on any atom is -0.754 e. The molecule has 0 fully saturated rings. The average molecular weight is 274 g/mol. The van der Waals surface area contributed by atoms with Gasteiger partial charge in [-0.2, -0.15) is 0 Å². The van der Waals surface area contributed by atoms with Crippen molar-refractivity contribution in [1.82, 2.24) is 5.06 Å². The Kier molecular flexibility index (Phi) is 3.67. The lowest BCUT2D eigenvalue weighted by molar-refractivity contribution is -0.442. The Bertz CT molecular complexity index is 636. The van der Waals surface area contributed by atoms with Gasteiger partial charge in [0.15, 0.2) is 0 Å². The predicted molar refractivity (Wildman–Crippen MR) is 72.6 cm³/mol. The van der Waals surface area contributed by atoms with Crippen LogP contribution in [0.5, 0.6) is 0 Å². The van der Waals surface area contributed by atoms with E-state index in [9.17, 15) is 14.9 Å². The van der Waals surface area contributed by atoms with E-state index < -0.39 is 5.97 Å². The molecule has 104 valence electrons. The molecule has 2 aliphatic rings. The molecule has 0 amide bonds. The van der Waals surface area contributed by atoms with Gasteiger partial charge >= 0.3 is 5.97 Å². The third-order valence-electron chi connectivity index (χ3n) is 3.01. The van der Waals surface area contributed by atoms with Crippen LogP contribution >= 0.6 is 0 Å². The van der Waals surface area contributed by atoms with Gasteiger partial charge in [0, 0.05) is 29.7 Å². The Morgan fingerprint density at radius 3 is 2.70 bits per heavy atom. The Morgan fingerprint density at radius 2 is 2.05 bits per heavy atom. The highest BCUT2D eigenvalue weighted by molar-refractivity contribution is 5.92. The number of hydroxylamine groups is 2. The van der Waals surface area contributed by atoms with Crippen LogP contribution in [0.15, 0.2) is 58.7 Å². The summed E-state index contributed by atoms with van der Waals surface area (Å²) >= 11 is 0. The van der Waals surface area contributed by atoms with Crippen molar-refractivity contribution in [1.29, 1.82) is 0 Å². The van der Waals surface area contributed by atoms with Crippen molar-refractivity contribution in [2.45, 2.75) is 13.8 Å². The number of nitrogens with zero attached hydrogens (tertiary/aromatic N) is 2. The van der Waals surface area contributed by atoms with E-state index >= 15 is 0 Å². The number of methoxy groups -OCH3 is 1. The van der Waals surface area contributed by atoms with Crippen molar-refractivity contribution in [2.24, 2.45) is 0 Å². The molecule has 0 aromatic carbocycles. The van der Waals surface area contributed by atoms with E-state index in [0.717, 1.165) is 0 Å². The van der Waals surface area contributed by atoms with E-state index in [0.29, 0.717) is 21.2 Å². The maximum atomic E-state index is 12.1. The quantitative estimate of drug-likeness (QED) is 0.541. The summed E-state index contributed by atoms with van der Waals surface area (Å²) in [6, 6.07) is 0. The van der Waals surface area contributed by atoms with Crippen LogP contribution in [0, 0.1) is 10.1 Å². The van der Waals surface area contributed by atoms with E-state index in [1.807, 2.05) is 0 Å². The van der Waals surface area contributed by atoms with Crippen LogP contribution in [0.4, 0.5) is 0 Å². The maximum absolute atomic E-state index is 12.1. The molecule has 0 N–H and O–H groups in total. The number of allylic oxidation sites excluding steroid dienone is 6. The Morgan fingerprint density at radius 1 is 1.35 bits per heavy atom. The smallest absolute Gasteiger partial charge is 0.337 e. The second-order valence-electron chi connectivity index (χ2n) is 4.40. The summed E-state index contributed by atoms with van der Waals surface area (Å²) in [7, 11) is 1.26. The second-order valence-corrected chi connectivity index (χ2v) is 4.40. The molecule has 20 heavy (non-hydrogen) atoms. The van der Waals surface area contributed by atoms with Gasteiger partial charge in [-0.1, -0.05) is 0 Å². The fourth-order valence-corrected chi connectivity index (χ4v) is 1.93. The molecule has 0 spiro atoms. The molecule has 6 heteroatoms. The molecule has 0 unspecified atom stereocenters. The molecular formula is C14H14N2O4. The number of carbonyl (C=O) groups is 1. The fraction of sp³-hybridized carbons (Fsp3) is 0.214. The van der Waals surface area contributed by atoms with Gasteiger partial charge in [-0.15, -0.1) is 0 Å². The summed E-state index contributed by atoms with van der Waals surface area (Å²) in [6.07, 6.45) is 7.63. The zero-order valence-electron chi connectivity index (χ0n) is 11.4. The van der Waals surface area contributed by atoms with Gasteiger partial charge in [-0.3, -0.25) is 0 Å². The van der Waals surface area contributed by atoms with Crippen molar-refractivity contribution in [2.75, 3.05) is 7.11 Å². The zero-order chi connectivity index (χ0) is 14.9. The first-order chi connectivity index (χ1) is 9.45. The maximum Gasteiger partial charge on any atom is 0.337 e. The molecular weight excluding hydrogens is 260 g/mol. The summed E-state index contributed by atoms with van der Waals surface area (Å²) in [5, 5.41) is 12.7. The lowest BCUT2D eigenvalue weighted by Crippen LogP contribution is -2.23. The minimum absolute atomic E-state index is 0.115. The second kappa shape index (κ2) is 5.26. The van der Waals surface area contributed by atoms with Gasteiger partial charge in [0.05, 0.1) is 17.4 Å². The summed E-state index contributed by atoms with van der Waals surface area (Å²) in [5.41, 5.74) is 1.31. The van der Waals surface area contributed by atoms with Crippen molar-refractivity contribution in [3.63, 3.8) is 0 Å². The normalized spacial score (nSPS) is 22.3. The highest BCUT2D eigenvalue weighted by Crippen LogP contribution is 2.28. The van der Waals surface area contributed by atoms with Crippen LogP contribution in [0.25, 0.3) is 0 Å². The van der Waals surface area contributed by atoms with E-state index in [1.54, 1.807) is 26.0 Å². The lowest BCUT2D eigenvalue weighted by Gasteiger charge is -2.34. The summed E-state index contributed by atoms with van der Waals surface area (Å²) < 4.78 is 5.30. The van der Waals surface area contributed by atoms with Crippen molar-refractivity contribution < 1.29 is 14.3 Å². The molecule has 2 heterocycles. The molecule has 2 aliphatic heterocycles. The van der Waals surface area contributed by atoms with Gasteiger partial charge in [-0.05, 0) is 25.2 Å². The average Bonchev–Trinajstić information content (AvgIpc) is 2.44. The highest BCUT2D eigenvalue weighted by Gasteiger charge is 2.28. The molecule has 0 radical (unpaired) electrons. The molecule has 2 rings (SSSR count). The van der Waals surface area contributed by atoms with Crippen LogP contribution in [-0.4, -0.2) is 22.9 Å². The fourth-order valence-electron chi connectivity index (χ4n) is 1.93. The summed E-state index contributed by atoms with van der Waals surface area (Å²) in [5.74, 6) is -0.556. The number of carbonyl (C=O) groups excluding carboxylic acids is 1. The van der Waals surface area contributed by atoms with E-state index in [-0.39, 0.29) is 17.0 Å². The van der Waals surface area contributed by atoms with Gasteiger partial charge in [0.2, 0.25) is 5.70 Å². The van der Waals surface area contributed by atoms with E-state index in [4.69, 9.17) is 0 Å². The van der Waals surface area contributed by atoms with Gasteiger partial charge in [-0.25, -0.2) is 4.79 Å². The summed E-state index contributed by atoms with van der Waals surface area (Å²) in [4.78, 5) is 23.6. The monoisotopic (exact) mass is 274 g/mol. The SMILES string of the molecule is COC(=O)C1=CC(=C2C=CC=C(C)[N+]2=O)N([O-])C(C)=C1. The Balaban J connectivity index is 2.56. The molecule has 6 nitrogen and oxygen atoms in total. The molecule has 0 aliphatic carbocycles. The summed E-state index contributed by atoms with van der Waals surface area (Å²) in [6.45, 7) is 3.20. The predicted octanol–water partition coefficient (Wildman–Crippen LogP) is 2.27. The first kappa shape index (κ1) is 14.0. The van der Waals surface area contributed by atoms with E-state index in [2.05, 4.69) is 4.74 Å². The number of esters is 1. The first-order valence-corrected chi connectivity index (χ1v) is 5.97. The Labute approximate surface area is 116 Å². The molecule has 0 aromatic heterocycles. The zero-order valence-corrected chi connectivity index (χ0v) is 11.4. The standard InChI is InChI=1S/C14H14N2O4/c1-9-5-4-6-12(15(9)18)13-8-11(14(17)20-3)7-10(2)16(13)19/h4-8H,1-3H3. The van der Waals surface area contributed by atoms with E-state index in [1.165, 1.54) is 25.3 Å². The number of rotatable bonds is 1.